The van der Waals surface area contributed by atoms with E-state index in [1.807, 2.05) is 30.3 Å². The Hall–Kier alpha value is -0.790. The van der Waals surface area contributed by atoms with Gasteiger partial charge in [0.2, 0.25) is 0 Å². The first kappa shape index (κ1) is 17.6. The molecule has 2 N–H and O–H groups in total. The van der Waals surface area contributed by atoms with Crippen molar-refractivity contribution in [3.8, 4) is 5.75 Å². The first-order valence-electron chi connectivity index (χ1n) is 7.35. The van der Waals surface area contributed by atoms with Crippen LogP contribution >= 0.6 is 38.5 Å². The number of ether oxygens (including phenoxy) is 1. The maximum Gasteiger partial charge on any atom is 0.137 e. The van der Waals surface area contributed by atoms with Crippen molar-refractivity contribution in [1.82, 2.24) is 5.43 Å². The van der Waals surface area contributed by atoms with Crippen LogP contribution in [0.2, 0.25) is 0 Å². The molecule has 5 heteroatoms. The summed E-state index contributed by atoms with van der Waals surface area (Å²) in [6.45, 7) is 3.61. The average Bonchev–Trinajstić information content (AvgIpc) is 2.51. The molecule has 0 saturated heterocycles. The van der Waals surface area contributed by atoms with Crippen molar-refractivity contribution in [2.75, 3.05) is 12.0 Å². The molecule has 0 aromatic heterocycles. The highest BCUT2D eigenvalue weighted by Gasteiger charge is 2.10. The monoisotopic (exact) mass is 474 g/mol. The predicted molar refractivity (Wildman–Crippen MR) is 104 cm³/mol. The van der Waals surface area contributed by atoms with Gasteiger partial charge in [0.15, 0.2) is 0 Å². The lowest BCUT2D eigenvalue weighted by molar-refractivity contribution is 0.303. The largest absolute Gasteiger partial charge is 0.492 e. The van der Waals surface area contributed by atoms with Gasteiger partial charge in [-0.15, -0.1) is 0 Å². The topological polar surface area (TPSA) is 33.3 Å². The molecule has 0 saturated carbocycles. The minimum Gasteiger partial charge on any atom is -0.492 e. The fourth-order valence-corrected chi connectivity index (χ4v) is 3.76. The number of anilines is 1. The number of hydrogen-bond acceptors (Lipinski definition) is 3. The summed E-state index contributed by atoms with van der Waals surface area (Å²) < 4.78 is 8.16. The highest BCUT2D eigenvalue weighted by molar-refractivity contribution is 14.1. The second-order valence-electron chi connectivity index (χ2n) is 4.92. The van der Waals surface area contributed by atoms with Crippen molar-refractivity contribution < 1.29 is 4.74 Å². The minimum atomic E-state index is 0.686. The van der Waals surface area contributed by atoms with Crippen molar-refractivity contribution in [3.05, 3.63) is 56.1 Å². The van der Waals surface area contributed by atoms with Gasteiger partial charge in [0, 0.05) is 22.3 Å². The van der Waals surface area contributed by atoms with Crippen molar-refractivity contribution in [2.24, 2.45) is 0 Å². The van der Waals surface area contributed by atoms with Crippen LogP contribution in [0.3, 0.4) is 0 Å². The van der Waals surface area contributed by atoms with Crippen LogP contribution in [0, 0.1) is 3.57 Å². The first-order valence-corrected chi connectivity index (χ1v) is 9.22. The Bertz CT molecular complexity index is 593. The second-order valence-corrected chi connectivity index (χ2v) is 7.00. The Labute approximate surface area is 154 Å². The Morgan fingerprint density at radius 3 is 2.68 bits per heavy atom. The molecular formula is C17H20BrIN2O. The molecular weight excluding hydrogens is 455 g/mol. The van der Waals surface area contributed by atoms with E-state index < -0.39 is 0 Å². The summed E-state index contributed by atoms with van der Waals surface area (Å²) in [5.41, 5.74) is 8.63. The third-order valence-electron chi connectivity index (χ3n) is 3.11. The molecule has 0 fully saturated rings. The van der Waals surface area contributed by atoms with Gasteiger partial charge in [-0.25, -0.2) is 5.43 Å². The summed E-state index contributed by atoms with van der Waals surface area (Å²) in [5.74, 6) is 0.972. The van der Waals surface area contributed by atoms with E-state index in [4.69, 9.17) is 4.74 Å². The van der Waals surface area contributed by atoms with Gasteiger partial charge >= 0.3 is 0 Å². The lowest BCUT2D eigenvalue weighted by Crippen LogP contribution is -2.21. The molecule has 0 heterocycles. The number of unbranched alkanes of at least 4 members (excludes halogenated alkanes) is 1. The van der Waals surface area contributed by atoms with Gasteiger partial charge in [-0.05, 0) is 53.3 Å². The summed E-state index contributed by atoms with van der Waals surface area (Å²) >= 11 is 5.88. The van der Waals surface area contributed by atoms with Crippen LogP contribution in [0.5, 0.6) is 5.75 Å². The van der Waals surface area contributed by atoms with Gasteiger partial charge in [-0.1, -0.05) is 47.5 Å². The van der Waals surface area contributed by atoms with E-state index in [9.17, 15) is 0 Å². The highest BCUT2D eigenvalue weighted by atomic mass is 127. The Morgan fingerprint density at radius 2 is 1.95 bits per heavy atom. The third-order valence-corrected chi connectivity index (χ3v) is 4.37. The van der Waals surface area contributed by atoms with Crippen LogP contribution in [0.4, 0.5) is 5.69 Å². The van der Waals surface area contributed by atoms with Gasteiger partial charge in [-0.3, -0.25) is 0 Å². The van der Waals surface area contributed by atoms with Gasteiger partial charge in [0.1, 0.15) is 5.75 Å². The molecule has 0 aliphatic carbocycles. The Morgan fingerprint density at radius 1 is 1.18 bits per heavy atom. The van der Waals surface area contributed by atoms with Crippen LogP contribution in [-0.2, 0) is 6.54 Å². The molecule has 0 aliphatic heterocycles. The van der Waals surface area contributed by atoms with E-state index in [0.29, 0.717) is 6.54 Å². The zero-order valence-corrected chi connectivity index (χ0v) is 16.3. The molecule has 0 unspecified atom stereocenters. The molecule has 0 amide bonds. The maximum atomic E-state index is 5.97. The molecule has 0 radical (unpaired) electrons. The number of halogens is 2. The van der Waals surface area contributed by atoms with E-state index in [1.165, 1.54) is 0 Å². The van der Waals surface area contributed by atoms with Crippen molar-refractivity contribution >= 4 is 44.2 Å². The lowest BCUT2D eigenvalue weighted by Gasteiger charge is -2.15. The molecule has 0 atom stereocenters. The van der Waals surface area contributed by atoms with E-state index >= 15 is 0 Å². The SMILES string of the molecule is CCCCOc1c(I)cc(Br)cc1CNNc1ccccc1. The third kappa shape index (κ3) is 5.44. The molecule has 2 rings (SSSR count). The number of benzene rings is 2. The average molecular weight is 475 g/mol. The standard InChI is InChI=1S/C17H20BrIN2O/c1-2-3-9-22-17-13(10-14(18)11-16(17)19)12-20-21-15-7-5-4-6-8-15/h4-8,10-11,20-21H,2-3,9,12H2,1H3. The van der Waals surface area contributed by atoms with E-state index in [-0.39, 0.29) is 0 Å². The van der Waals surface area contributed by atoms with Crippen LogP contribution in [-0.4, -0.2) is 6.61 Å². The smallest absolute Gasteiger partial charge is 0.137 e. The maximum absolute atomic E-state index is 5.97. The fourth-order valence-electron chi connectivity index (χ4n) is 1.99. The van der Waals surface area contributed by atoms with Gasteiger partial charge in [-0.2, -0.15) is 0 Å². The van der Waals surface area contributed by atoms with Crippen molar-refractivity contribution in [2.45, 2.75) is 26.3 Å². The van der Waals surface area contributed by atoms with Crippen LogP contribution in [0.1, 0.15) is 25.3 Å². The molecule has 0 aliphatic rings. The zero-order valence-electron chi connectivity index (χ0n) is 12.5. The summed E-state index contributed by atoms with van der Waals surface area (Å²) in [4.78, 5) is 0. The quantitative estimate of drug-likeness (QED) is 0.307. The second kappa shape index (κ2) is 9.37. The normalized spacial score (nSPS) is 10.5. The number of para-hydroxylation sites is 1. The number of hydrazine groups is 1. The van der Waals surface area contributed by atoms with Crippen LogP contribution in [0.15, 0.2) is 46.9 Å². The summed E-state index contributed by atoms with van der Waals surface area (Å²) in [6.07, 6.45) is 2.21. The first-order chi connectivity index (χ1) is 10.7. The van der Waals surface area contributed by atoms with Gasteiger partial charge < -0.3 is 10.2 Å². The van der Waals surface area contributed by atoms with Crippen molar-refractivity contribution in [1.29, 1.82) is 0 Å². The fraction of sp³-hybridized carbons (Fsp3) is 0.294. The van der Waals surface area contributed by atoms with E-state index in [2.05, 4.69) is 68.4 Å². The zero-order chi connectivity index (χ0) is 15.8. The predicted octanol–water partition coefficient (Wildman–Crippen LogP) is 5.35. The lowest BCUT2D eigenvalue weighted by atomic mass is 10.2. The minimum absolute atomic E-state index is 0.686. The molecule has 2 aromatic rings. The number of hydrogen-bond donors (Lipinski definition) is 2. The number of rotatable bonds is 8. The molecule has 0 spiro atoms. The van der Waals surface area contributed by atoms with Gasteiger partial charge in [0.25, 0.3) is 0 Å². The summed E-state index contributed by atoms with van der Waals surface area (Å²) in [7, 11) is 0. The van der Waals surface area contributed by atoms with Crippen molar-refractivity contribution in [3.63, 3.8) is 0 Å². The highest BCUT2D eigenvalue weighted by Crippen LogP contribution is 2.30. The Balaban J connectivity index is 2.01. The number of nitrogens with one attached hydrogen (secondary N) is 2. The van der Waals surface area contributed by atoms with E-state index in [1.54, 1.807) is 0 Å². The molecule has 22 heavy (non-hydrogen) atoms. The molecule has 2 aromatic carbocycles. The van der Waals surface area contributed by atoms with Crippen LogP contribution < -0.4 is 15.6 Å². The van der Waals surface area contributed by atoms with Gasteiger partial charge in [0.05, 0.1) is 10.2 Å². The Kier molecular flexibility index (Phi) is 7.48. The summed E-state index contributed by atoms with van der Waals surface area (Å²) in [6, 6.07) is 14.2. The van der Waals surface area contributed by atoms with E-state index in [0.717, 1.165) is 44.5 Å². The molecule has 3 nitrogen and oxygen atoms in total. The summed E-state index contributed by atoms with van der Waals surface area (Å²) in [5, 5.41) is 0. The molecule has 118 valence electrons. The van der Waals surface area contributed by atoms with Crippen LogP contribution in [0.25, 0.3) is 0 Å². The molecule has 0 bridgehead atoms.